The van der Waals surface area contributed by atoms with Crippen molar-refractivity contribution in [1.82, 2.24) is 0 Å². The first-order valence-electron chi connectivity index (χ1n) is 22.5. The molecule has 0 nitrogen and oxygen atoms in total. The van der Waals surface area contributed by atoms with E-state index in [0.717, 1.165) is 6.42 Å². The van der Waals surface area contributed by atoms with Crippen LogP contribution in [0.4, 0.5) is 0 Å². The van der Waals surface area contributed by atoms with Crippen LogP contribution in [0.25, 0.3) is 43.1 Å². The van der Waals surface area contributed by atoms with Crippen LogP contribution in [0, 0.1) is 16.2 Å². The van der Waals surface area contributed by atoms with Gasteiger partial charge in [0, 0.05) is 5.41 Å². The van der Waals surface area contributed by atoms with Crippen LogP contribution in [-0.4, -0.2) is 0 Å². The van der Waals surface area contributed by atoms with Crippen molar-refractivity contribution in [1.29, 1.82) is 0 Å². The number of hydrogen-bond donors (Lipinski definition) is 0. The Bertz CT molecular complexity index is 3130. The fraction of sp³-hybridized carbons (Fsp3) is 0.194. The molecule has 0 radical (unpaired) electrons. The standard InChI is InChI=1S/C62H54/c1-58(2,3)60(59(4,5)6)36-35-56-57(41-60)62(52-33-29-44-19-9-13-23-48(44)39-52,53-34-30-45-20-10-14-24-49(45)40-53)55-26-16-15-25-54(55)61(56,50-31-27-42-17-7-11-21-46(42)37-50)51-32-28-43-18-8-12-22-47(43)38-51/h7-35,37-41H,36H2,1-6H3. The van der Waals surface area contributed by atoms with Crippen molar-refractivity contribution in [2.45, 2.75) is 58.8 Å². The molecule has 0 amide bonds. The number of allylic oxidation sites excluding steroid dienone is 4. The maximum Gasteiger partial charge on any atom is 0.0705 e. The first-order chi connectivity index (χ1) is 29.9. The quantitative estimate of drug-likeness (QED) is 0.166. The largest absolute Gasteiger partial charge is 0.0785 e. The van der Waals surface area contributed by atoms with E-state index in [1.165, 1.54) is 87.6 Å². The Balaban J connectivity index is 1.39. The highest BCUT2D eigenvalue weighted by Gasteiger charge is 2.60. The van der Waals surface area contributed by atoms with E-state index in [1.807, 2.05) is 0 Å². The summed E-state index contributed by atoms with van der Waals surface area (Å²) in [5, 5.41) is 10.0. The topological polar surface area (TPSA) is 0 Å². The number of benzene rings is 9. The van der Waals surface area contributed by atoms with Crippen molar-refractivity contribution in [3.05, 3.63) is 251 Å². The summed E-state index contributed by atoms with van der Waals surface area (Å²) in [7, 11) is 0. The van der Waals surface area contributed by atoms with Crippen LogP contribution >= 0.6 is 0 Å². The van der Waals surface area contributed by atoms with Gasteiger partial charge in [-0.3, -0.25) is 0 Å². The Hall–Kier alpha value is -6.50. The highest BCUT2D eigenvalue weighted by Crippen LogP contribution is 2.68. The molecule has 11 rings (SSSR count). The molecule has 0 saturated carbocycles. The third-order valence-corrected chi connectivity index (χ3v) is 15.3. The zero-order valence-electron chi connectivity index (χ0n) is 36.8. The molecule has 0 unspecified atom stereocenters. The molecule has 0 bridgehead atoms. The highest BCUT2D eigenvalue weighted by molar-refractivity contribution is 5.91. The van der Waals surface area contributed by atoms with E-state index >= 15 is 0 Å². The molecule has 0 aromatic heterocycles. The van der Waals surface area contributed by atoms with Crippen molar-refractivity contribution in [3.8, 4) is 0 Å². The average Bonchev–Trinajstić information content (AvgIpc) is 3.29. The zero-order chi connectivity index (χ0) is 42.5. The maximum atomic E-state index is 2.82. The molecule has 0 spiro atoms. The Morgan fingerprint density at radius 1 is 0.323 bits per heavy atom. The lowest BCUT2D eigenvalue weighted by Crippen LogP contribution is -2.52. The van der Waals surface area contributed by atoms with Gasteiger partial charge in [-0.05, 0) is 129 Å². The summed E-state index contributed by atoms with van der Waals surface area (Å²) in [6.45, 7) is 14.8. The average molecular weight is 799 g/mol. The molecule has 9 aromatic carbocycles. The van der Waals surface area contributed by atoms with Gasteiger partial charge >= 0.3 is 0 Å². The molecule has 0 atom stereocenters. The molecular weight excluding hydrogens is 745 g/mol. The van der Waals surface area contributed by atoms with Crippen molar-refractivity contribution in [2.75, 3.05) is 0 Å². The fourth-order valence-corrected chi connectivity index (χ4v) is 12.3. The van der Waals surface area contributed by atoms with Crippen LogP contribution in [0.2, 0.25) is 0 Å². The van der Waals surface area contributed by atoms with E-state index in [0.29, 0.717) is 0 Å². The molecule has 2 aliphatic carbocycles. The van der Waals surface area contributed by atoms with Crippen LogP contribution in [-0.2, 0) is 10.8 Å². The number of fused-ring (bicyclic) bond motifs is 6. The summed E-state index contributed by atoms with van der Waals surface area (Å²) in [6.07, 6.45) is 6.46. The summed E-state index contributed by atoms with van der Waals surface area (Å²) >= 11 is 0. The van der Waals surface area contributed by atoms with E-state index in [9.17, 15) is 0 Å². The van der Waals surface area contributed by atoms with E-state index < -0.39 is 10.8 Å². The van der Waals surface area contributed by atoms with Gasteiger partial charge in [0.2, 0.25) is 0 Å². The van der Waals surface area contributed by atoms with Gasteiger partial charge in [-0.15, -0.1) is 0 Å². The van der Waals surface area contributed by atoms with Crippen LogP contribution in [0.3, 0.4) is 0 Å². The lowest BCUT2D eigenvalue weighted by Gasteiger charge is -2.59. The molecule has 0 aliphatic heterocycles. The molecule has 2 aliphatic rings. The van der Waals surface area contributed by atoms with E-state index in [1.54, 1.807) is 0 Å². The summed E-state index contributed by atoms with van der Waals surface area (Å²) in [4.78, 5) is 0. The molecule has 9 aromatic rings. The second-order valence-electron chi connectivity index (χ2n) is 20.1. The van der Waals surface area contributed by atoms with Gasteiger partial charge in [-0.25, -0.2) is 0 Å². The Kier molecular flexibility index (Phi) is 8.52. The molecule has 0 heterocycles. The second kappa shape index (κ2) is 13.8. The van der Waals surface area contributed by atoms with E-state index in [-0.39, 0.29) is 16.2 Å². The Labute approximate surface area is 367 Å². The molecule has 62 heavy (non-hydrogen) atoms. The molecule has 0 heteroatoms. The van der Waals surface area contributed by atoms with Crippen LogP contribution in [0.15, 0.2) is 217 Å². The second-order valence-corrected chi connectivity index (χ2v) is 20.1. The third-order valence-electron chi connectivity index (χ3n) is 15.3. The molecule has 0 N–H and O–H groups in total. The first-order valence-corrected chi connectivity index (χ1v) is 22.5. The predicted molar refractivity (Wildman–Crippen MR) is 264 cm³/mol. The fourth-order valence-electron chi connectivity index (χ4n) is 12.3. The summed E-state index contributed by atoms with van der Waals surface area (Å²) in [5.74, 6) is 0. The van der Waals surface area contributed by atoms with Gasteiger partial charge in [-0.2, -0.15) is 0 Å². The van der Waals surface area contributed by atoms with Crippen molar-refractivity contribution >= 4 is 43.1 Å². The summed E-state index contributed by atoms with van der Waals surface area (Å²) in [5.41, 5.74) is 8.96. The van der Waals surface area contributed by atoms with Gasteiger partial charge in [0.15, 0.2) is 0 Å². The van der Waals surface area contributed by atoms with Gasteiger partial charge in [-0.1, -0.05) is 224 Å². The highest BCUT2D eigenvalue weighted by atomic mass is 14.6. The van der Waals surface area contributed by atoms with Gasteiger partial charge in [0.1, 0.15) is 0 Å². The summed E-state index contributed by atoms with van der Waals surface area (Å²) in [6, 6.07) is 74.2. The van der Waals surface area contributed by atoms with Gasteiger partial charge < -0.3 is 0 Å². The van der Waals surface area contributed by atoms with E-state index in [4.69, 9.17) is 0 Å². The maximum absolute atomic E-state index is 2.82. The first kappa shape index (κ1) is 38.4. The lowest BCUT2D eigenvalue weighted by atomic mass is 9.43. The predicted octanol–water partition coefficient (Wildman–Crippen LogP) is 16.3. The molecule has 302 valence electrons. The molecule has 0 fully saturated rings. The van der Waals surface area contributed by atoms with Gasteiger partial charge in [0.05, 0.1) is 10.8 Å². The minimum atomic E-state index is -0.671. The van der Waals surface area contributed by atoms with Crippen LogP contribution in [0.1, 0.15) is 81.3 Å². The smallest absolute Gasteiger partial charge is 0.0705 e. The normalized spacial score (nSPS) is 16.7. The SMILES string of the molecule is CC(C)(C)C1(C(C)(C)C)C=C2C(=CC1)C(c1ccc3ccccc3c1)(c1ccc3ccccc3c1)c1ccccc1C2(c1ccc2ccccc2c1)c1ccc2ccccc2c1. The molecule has 0 saturated heterocycles. The van der Waals surface area contributed by atoms with E-state index in [2.05, 4.69) is 248 Å². The zero-order valence-corrected chi connectivity index (χ0v) is 36.8. The molecular formula is C62H54. The minimum Gasteiger partial charge on any atom is -0.0785 e. The van der Waals surface area contributed by atoms with Crippen molar-refractivity contribution < 1.29 is 0 Å². The minimum absolute atomic E-state index is 0.0652. The number of hydrogen-bond acceptors (Lipinski definition) is 0. The van der Waals surface area contributed by atoms with Crippen LogP contribution in [0.5, 0.6) is 0 Å². The Morgan fingerprint density at radius 3 is 0.935 bits per heavy atom. The Morgan fingerprint density at radius 2 is 0.613 bits per heavy atom. The van der Waals surface area contributed by atoms with Crippen molar-refractivity contribution in [2.24, 2.45) is 16.2 Å². The lowest BCUT2D eigenvalue weighted by molar-refractivity contribution is 0.0169. The van der Waals surface area contributed by atoms with Crippen molar-refractivity contribution in [3.63, 3.8) is 0 Å². The third kappa shape index (κ3) is 5.38. The van der Waals surface area contributed by atoms with Gasteiger partial charge in [0.25, 0.3) is 0 Å². The number of rotatable bonds is 4. The van der Waals surface area contributed by atoms with Crippen LogP contribution < -0.4 is 0 Å². The monoisotopic (exact) mass is 798 g/mol. The summed E-state index contributed by atoms with van der Waals surface area (Å²) < 4.78 is 0.